The van der Waals surface area contributed by atoms with Crippen LogP contribution in [0.15, 0.2) is 11.6 Å². The molecule has 4 rings (SSSR count). The third-order valence-electron chi connectivity index (χ3n) is 8.89. The van der Waals surface area contributed by atoms with Crippen LogP contribution in [0.2, 0.25) is 0 Å². The molecule has 4 aliphatic rings. The van der Waals surface area contributed by atoms with Crippen molar-refractivity contribution in [1.29, 1.82) is 0 Å². The van der Waals surface area contributed by atoms with Crippen LogP contribution in [0.4, 0.5) is 0 Å². The fourth-order valence-electron chi connectivity index (χ4n) is 7.34. The van der Waals surface area contributed by atoms with Crippen molar-refractivity contribution < 1.29 is 37.6 Å². The number of ketones is 3. The summed E-state index contributed by atoms with van der Waals surface area (Å²) in [6.07, 6.45) is 2.50. The van der Waals surface area contributed by atoms with Gasteiger partial charge in [0, 0.05) is 24.2 Å². The molecule has 3 N–H and O–H groups in total. The Kier molecular flexibility index (Phi) is 5.17. The predicted octanol–water partition coefficient (Wildman–Crippen LogP) is 1.25. The molecule has 0 heterocycles. The summed E-state index contributed by atoms with van der Waals surface area (Å²) >= 11 is 0. The van der Waals surface area contributed by atoms with Crippen molar-refractivity contribution in [2.45, 2.75) is 70.5 Å². The highest BCUT2D eigenvalue weighted by Gasteiger charge is 2.69. The van der Waals surface area contributed by atoms with E-state index in [4.69, 9.17) is 4.55 Å². The first-order valence-electron chi connectivity index (χ1n) is 10.9. The highest BCUT2D eigenvalue weighted by atomic mass is 32.2. The third-order valence-corrected chi connectivity index (χ3v) is 9.62. The second kappa shape index (κ2) is 7.04. The number of hydrogen-bond donors (Lipinski definition) is 3. The molecule has 1 unspecified atom stereocenters. The fourth-order valence-corrected chi connectivity index (χ4v) is 7.89. The van der Waals surface area contributed by atoms with E-state index >= 15 is 0 Å². The number of carbonyl (C=O) groups is 3. The lowest BCUT2D eigenvalue weighted by atomic mass is 9.45. The average molecular weight is 455 g/mol. The van der Waals surface area contributed by atoms with Gasteiger partial charge in [0.2, 0.25) is 0 Å². The highest BCUT2D eigenvalue weighted by Crippen LogP contribution is 2.66. The summed E-state index contributed by atoms with van der Waals surface area (Å²) in [5.74, 6) is -2.67. The monoisotopic (exact) mass is 454 g/mol. The molecule has 8 nitrogen and oxygen atoms in total. The number of rotatable bonds is 4. The Balaban J connectivity index is 1.68. The largest absolute Gasteiger partial charge is 0.384 e. The lowest BCUT2D eigenvalue weighted by Gasteiger charge is -2.57. The molecule has 0 radical (unpaired) electrons. The predicted molar refractivity (Wildman–Crippen MR) is 109 cm³/mol. The highest BCUT2D eigenvalue weighted by molar-refractivity contribution is 7.85. The van der Waals surface area contributed by atoms with Crippen LogP contribution < -0.4 is 0 Å². The van der Waals surface area contributed by atoms with Crippen molar-refractivity contribution >= 4 is 27.5 Å². The van der Waals surface area contributed by atoms with Crippen molar-refractivity contribution in [2.24, 2.45) is 28.6 Å². The van der Waals surface area contributed by atoms with Crippen molar-refractivity contribution in [3.63, 3.8) is 0 Å². The molecular weight excluding hydrogens is 424 g/mol. The van der Waals surface area contributed by atoms with Gasteiger partial charge in [0.25, 0.3) is 10.1 Å². The summed E-state index contributed by atoms with van der Waals surface area (Å²) in [5, 5.41) is 21.6. The van der Waals surface area contributed by atoms with E-state index < -0.39 is 44.2 Å². The Bertz CT molecular complexity index is 983. The van der Waals surface area contributed by atoms with Crippen LogP contribution in [0.5, 0.6) is 0 Å². The molecule has 0 spiro atoms. The summed E-state index contributed by atoms with van der Waals surface area (Å²) < 4.78 is 31.3. The topological polar surface area (TPSA) is 146 Å². The molecule has 4 aliphatic carbocycles. The van der Waals surface area contributed by atoms with Gasteiger partial charge in [-0.05, 0) is 55.4 Å². The second-order valence-electron chi connectivity index (χ2n) is 10.4. The SMILES string of the molecule is C[C@]12CCC(=O)C=C1CC[C@@H]1[C@@H]2C(=O)C[C@@]2(C)[C@H]1CC[C@]2(O)C(=O)C(O)CS(=O)(=O)O. The van der Waals surface area contributed by atoms with E-state index in [1.165, 1.54) is 0 Å². The van der Waals surface area contributed by atoms with Crippen LogP contribution in [0.25, 0.3) is 0 Å². The smallest absolute Gasteiger partial charge is 0.267 e. The maximum absolute atomic E-state index is 13.5. The normalized spacial score (nSPS) is 43.5. The Morgan fingerprint density at radius 3 is 2.52 bits per heavy atom. The van der Waals surface area contributed by atoms with Gasteiger partial charge in [-0.1, -0.05) is 19.4 Å². The first-order valence-corrected chi connectivity index (χ1v) is 12.5. The lowest BCUT2D eigenvalue weighted by molar-refractivity contribution is -0.173. The third kappa shape index (κ3) is 3.27. The minimum Gasteiger partial charge on any atom is -0.384 e. The quantitative estimate of drug-likeness (QED) is 0.538. The van der Waals surface area contributed by atoms with Crippen LogP contribution >= 0.6 is 0 Å². The number of Topliss-reactive ketones (excluding diaryl/α,β-unsaturated/α-hetero) is 2. The van der Waals surface area contributed by atoms with Gasteiger partial charge in [0.15, 0.2) is 11.6 Å². The number of aliphatic hydroxyl groups is 2. The second-order valence-corrected chi connectivity index (χ2v) is 11.9. The van der Waals surface area contributed by atoms with Gasteiger partial charge < -0.3 is 10.2 Å². The van der Waals surface area contributed by atoms with E-state index in [9.17, 15) is 33.0 Å². The molecule has 0 aromatic rings. The number of fused-ring (bicyclic) bond motifs is 5. The van der Waals surface area contributed by atoms with Crippen molar-refractivity contribution in [3.05, 3.63) is 11.6 Å². The molecule has 172 valence electrons. The molecule has 3 fully saturated rings. The molecule has 0 saturated heterocycles. The van der Waals surface area contributed by atoms with E-state index in [0.29, 0.717) is 32.1 Å². The number of aliphatic hydroxyl groups excluding tert-OH is 1. The molecule has 0 aliphatic heterocycles. The van der Waals surface area contributed by atoms with Crippen molar-refractivity contribution in [2.75, 3.05) is 5.75 Å². The first-order chi connectivity index (χ1) is 14.2. The minimum atomic E-state index is -4.61. The van der Waals surface area contributed by atoms with E-state index in [1.807, 2.05) is 6.92 Å². The zero-order valence-electron chi connectivity index (χ0n) is 17.8. The fraction of sp³-hybridized carbons (Fsp3) is 0.773. The molecule has 9 heteroatoms. The van der Waals surface area contributed by atoms with Gasteiger partial charge in [0.1, 0.15) is 23.2 Å². The average Bonchev–Trinajstić information content (AvgIpc) is 2.91. The standard InChI is InChI=1S/C22H30O8S/c1-20-7-5-13(23)9-12(20)3-4-14-15-6-8-22(27,19(26)17(25)11-31(28,29)30)21(15,2)10-16(24)18(14)20/h9,14-15,17-18,25,27H,3-8,10-11H2,1-2H3,(H,28,29,30)/t14-,15-,17?,18+,20-,21-,22-/m0/s1. The Hall–Kier alpha value is -1.42. The van der Waals surface area contributed by atoms with Crippen LogP contribution in [-0.2, 0) is 24.5 Å². The van der Waals surface area contributed by atoms with Crippen LogP contribution in [0, 0.1) is 28.6 Å². The maximum atomic E-state index is 13.5. The molecular formula is C22H30O8S. The van der Waals surface area contributed by atoms with Gasteiger partial charge in [-0.2, -0.15) is 8.42 Å². The molecule has 0 bridgehead atoms. The van der Waals surface area contributed by atoms with Gasteiger partial charge >= 0.3 is 0 Å². The molecule has 31 heavy (non-hydrogen) atoms. The maximum Gasteiger partial charge on any atom is 0.267 e. The zero-order valence-corrected chi connectivity index (χ0v) is 18.7. The first kappa shape index (κ1) is 22.8. The minimum absolute atomic E-state index is 0.0317. The van der Waals surface area contributed by atoms with E-state index in [-0.39, 0.29) is 42.2 Å². The summed E-state index contributed by atoms with van der Waals surface area (Å²) in [4.78, 5) is 38.4. The van der Waals surface area contributed by atoms with E-state index in [1.54, 1.807) is 13.0 Å². The summed E-state index contributed by atoms with van der Waals surface area (Å²) in [6.45, 7) is 3.74. The van der Waals surface area contributed by atoms with Gasteiger partial charge in [-0.25, -0.2) is 0 Å². The Labute approximate surface area is 181 Å². The van der Waals surface area contributed by atoms with Crippen molar-refractivity contribution in [1.82, 2.24) is 0 Å². The lowest BCUT2D eigenvalue weighted by Crippen LogP contribution is -2.62. The summed E-state index contributed by atoms with van der Waals surface area (Å²) in [7, 11) is -4.61. The van der Waals surface area contributed by atoms with Crippen LogP contribution in [0.1, 0.15) is 58.8 Å². The summed E-state index contributed by atoms with van der Waals surface area (Å²) in [6, 6.07) is 0. The summed E-state index contributed by atoms with van der Waals surface area (Å²) in [5.41, 5.74) is -2.54. The van der Waals surface area contributed by atoms with Gasteiger partial charge in [-0.15, -0.1) is 0 Å². The zero-order chi connectivity index (χ0) is 23.0. The van der Waals surface area contributed by atoms with Crippen molar-refractivity contribution in [3.8, 4) is 0 Å². The van der Waals surface area contributed by atoms with E-state index in [0.717, 1.165) is 5.57 Å². The van der Waals surface area contributed by atoms with E-state index in [2.05, 4.69) is 0 Å². The number of carbonyl (C=O) groups excluding carboxylic acids is 3. The molecule has 0 aromatic carbocycles. The molecule has 0 aromatic heterocycles. The van der Waals surface area contributed by atoms with Crippen LogP contribution in [-0.4, -0.2) is 58.0 Å². The molecule has 7 atom stereocenters. The Morgan fingerprint density at radius 2 is 1.87 bits per heavy atom. The van der Waals surface area contributed by atoms with Crippen LogP contribution in [0.3, 0.4) is 0 Å². The molecule has 0 amide bonds. The number of allylic oxidation sites excluding steroid dienone is 1. The molecule has 3 saturated carbocycles. The van der Waals surface area contributed by atoms with Gasteiger partial charge in [0.05, 0.1) is 0 Å². The van der Waals surface area contributed by atoms with Gasteiger partial charge in [-0.3, -0.25) is 18.9 Å². The number of hydrogen-bond acceptors (Lipinski definition) is 7. The Morgan fingerprint density at radius 1 is 1.19 bits per heavy atom.